The van der Waals surface area contributed by atoms with Crippen LogP contribution in [0.5, 0.6) is 0 Å². The van der Waals surface area contributed by atoms with Crippen molar-refractivity contribution in [3.05, 3.63) is 83.7 Å². The molecule has 1 fully saturated rings. The molecule has 1 aromatic heterocycles. The lowest BCUT2D eigenvalue weighted by molar-refractivity contribution is 0.114. The molecule has 0 bridgehead atoms. The van der Waals surface area contributed by atoms with Gasteiger partial charge in [-0.05, 0) is 34.4 Å². The van der Waals surface area contributed by atoms with Crippen molar-refractivity contribution in [2.75, 3.05) is 26.2 Å². The summed E-state index contributed by atoms with van der Waals surface area (Å²) in [5.74, 6) is 0. The van der Waals surface area contributed by atoms with E-state index in [9.17, 15) is 0 Å². The van der Waals surface area contributed by atoms with Gasteiger partial charge in [0.1, 0.15) is 0 Å². The van der Waals surface area contributed by atoms with Crippen molar-refractivity contribution >= 4 is 6.21 Å². The highest BCUT2D eigenvalue weighted by molar-refractivity contribution is 5.78. The highest BCUT2D eigenvalue weighted by atomic mass is 15.5. The van der Waals surface area contributed by atoms with Gasteiger partial charge in [0.05, 0.1) is 18.0 Å². The Morgan fingerprint density at radius 3 is 2.04 bits per heavy atom. The van der Waals surface area contributed by atoms with Crippen LogP contribution in [0, 0.1) is 0 Å². The molecule has 4 heteroatoms. The maximum Gasteiger partial charge on any atom is 0.0707 e. The second-order valence-corrected chi connectivity index (χ2v) is 7.36. The predicted molar refractivity (Wildman–Crippen MR) is 110 cm³/mol. The second-order valence-electron chi connectivity index (χ2n) is 7.36. The number of aromatic nitrogens is 1. The molecule has 0 atom stereocenters. The molecule has 0 spiro atoms. The maximum absolute atomic E-state index is 4.70. The number of benzene rings is 2. The first-order valence-electron chi connectivity index (χ1n) is 9.64. The van der Waals surface area contributed by atoms with E-state index in [4.69, 9.17) is 5.10 Å². The zero-order valence-electron chi connectivity index (χ0n) is 15.6. The third-order valence-electron chi connectivity index (χ3n) is 5.79. The summed E-state index contributed by atoms with van der Waals surface area (Å²) < 4.78 is 2.09. The van der Waals surface area contributed by atoms with E-state index < -0.39 is 0 Å². The van der Waals surface area contributed by atoms with Gasteiger partial charge in [0.25, 0.3) is 0 Å². The summed E-state index contributed by atoms with van der Waals surface area (Å²) in [4.78, 5) is 2.61. The van der Waals surface area contributed by atoms with Crippen LogP contribution in [0.3, 0.4) is 0 Å². The molecule has 4 nitrogen and oxygen atoms in total. The van der Waals surface area contributed by atoms with E-state index in [1.165, 1.54) is 22.3 Å². The van der Waals surface area contributed by atoms with E-state index in [2.05, 4.69) is 69.1 Å². The fourth-order valence-electron chi connectivity index (χ4n) is 4.36. The molecule has 2 heterocycles. The van der Waals surface area contributed by atoms with Crippen molar-refractivity contribution < 1.29 is 0 Å². The van der Waals surface area contributed by atoms with Gasteiger partial charge >= 0.3 is 0 Å². The minimum absolute atomic E-state index is 0.372. The smallest absolute Gasteiger partial charge is 0.0707 e. The lowest BCUT2D eigenvalue weighted by Gasteiger charge is -2.37. The van der Waals surface area contributed by atoms with E-state index in [0.29, 0.717) is 6.04 Å². The summed E-state index contributed by atoms with van der Waals surface area (Å²) in [6.45, 7) is 3.97. The highest BCUT2D eigenvalue weighted by Crippen LogP contribution is 2.46. The highest BCUT2D eigenvalue weighted by Gasteiger charge is 2.33. The van der Waals surface area contributed by atoms with Crippen LogP contribution in [0.25, 0.3) is 11.1 Å². The first-order chi connectivity index (χ1) is 13.3. The van der Waals surface area contributed by atoms with Gasteiger partial charge in [-0.3, -0.25) is 9.91 Å². The molecule has 2 aromatic carbocycles. The first kappa shape index (κ1) is 16.3. The third-order valence-corrected chi connectivity index (χ3v) is 5.79. The molecule has 0 unspecified atom stereocenters. The molecule has 0 amide bonds. The molecule has 27 heavy (non-hydrogen) atoms. The summed E-state index contributed by atoms with van der Waals surface area (Å²) >= 11 is 0. The number of nitrogens with zero attached hydrogens (tertiary/aromatic N) is 4. The molecular formula is C23H24N4. The quantitative estimate of drug-likeness (QED) is 0.668. The Morgan fingerprint density at radius 2 is 1.44 bits per heavy atom. The zero-order valence-corrected chi connectivity index (χ0v) is 15.6. The molecule has 2 aliphatic rings. The fourth-order valence-corrected chi connectivity index (χ4v) is 4.36. The summed E-state index contributed by atoms with van der Waals surface area (Å²) in [5.41, 5.74) is 6.81. The Morgan fingerprint density at radius 1 is 0.815 bits per heavy atom. The SMILES string of the molecule is Cn1cccc1/C=N\N1CCN(C2c3ccccc3-c3ccccc32)CC1. The average Bonchev–Trinajstić information content (AvgIpc) is 3.28. The molecule has 0 radical (unpaired) electrons. The predicted octanol–water partition coefficient (Wildman–Crippen LogP) is 3.75. The normalized spacial score (nSPS) is 17.4. The van der Waals surface area contributed by atoms with Crippen LogP contribution in [-0.4, -0.2) is 46.9 Å². The van der Waals surface area contributed by atoms with Gasteiger partial charge < -0.3 is 4.57 Å². The van der Waals surface area contributed by atoms with E-state index in [1.807, 2.05) is 25.5 Å². The molecule has 1 aliphatic heterocycles. The third kappa shape index (κ3) is 2.86. The summed E-state index contributed by atoms with van der Waals surface area (Å²) in [6.07, 6.45) is 4.02. The standard InChI is InChI=1S/C23H24N4/c1-25-12-6-7-18(25)17-24-27-15-13-26(14-16-27)23-21-10-4-2-8-19(21)20-9-3-5-11-22(20)23/h2-12,17,23H,13-16H2,1H3/b24-17-. The Balaban J connectivity index is 1.34. The first-order valence-corrected chi connectivity index (χ1v) is 9.64. The molecule has 136 valence electrons. The topological polar surface area (TPSA) is 23.8 Å². The Kier molecular flexibility index (Phi) is 4.06. The molecule has 0 saturated carbocycles. The zero-order chi connectivity index (χ0) is 18.2. The van der Waals surface area contributed by atoms with Crippen LogP contribution in [-0.2, 0) is 7.05 Å². The maximum atomic E-state index is 4.70. The average molecular weight is 356 g/mol. The van der Waals surface area contributed by atoms with Crippen LogP contribution in [0.1, 0.15) is 22.9 Å². The van der Waals surface area contributed by atoms with Crippen molar-refractivity contribution in [3.8, 4) is 11.1 Å². The molecule has 3 aromatic rings. The lowest BCUT2D eigenvalue weighted by atomic mass is 10.0. The summed E-state index contributed by atoms with van der Waals surface area (Å²) in [7, 11) is 2.05. The number of piperazine rings is 1. The van der Waals surface area contributed by atoms with Gasteiger partial charge in [0.2, 0.25) is 0 Å². The van der Waals surface area contributed by atoms with Crippen LogP contribution >= 0.6 is 0 Å². The van der Waals surface area contributed by atoms with Gasteiger partial charge in [-0.15, -0.1) is 0 Å². The van der Waals surface area contributed by atoms with Crippen molar-refractivity contribution in [1.82, 2.24) is 14.5 Å². The number of fused-ring (bicyclic) bond motifs is 3. The monoisotopic (exact) mass is 356 g/mol. The Hall–Kier alpha value is -2.85. The summed E-state index contributed by atoms with van der Waals surface area (Å²) in [5, 5.41) is 6.89. The number of hydrazone groups is 1. The number of aryl methyl sites for hydroxylation is 1. The van der Waals surface area contributed by atoms with E-state index in [1.54, 1.807) is 0 Å². The number of hydrogen-bond acceptors (Lipinski definition) is 3. The van der Waals surface area contributed by atoms with Crippen LogP contribution < -0.4 is 0 Å². The minimum Gasteiger partial charge on any atom is -0.350 e. The molecule has 1 saturated heterocycles. The van der Waals surface area contributed by atoms with Crippen molar-refractivity contribution in [2.45, 2.75) is 6.04 Å². The minimum atomic E-state index is 0.372. The van der Waals surface area contributed by atoms with Crippen LogP contribution in [0.15, 0.2) is 72.0 Å². The van der Waals surface area contributed by atoms with Crippen LogP contribution in [0.2, 0.25) is 0 Å². The van der Waals surface area contributed by atoms with Crippen molar-refractivity contribution in [2.24, 2.45) is 12.1 Å². The van der Waals surface area contributed by atoms with Gasteiger partial charge in [-0.1, -0.05) is 48.5 Å². The summed E-state index contributed by atoms with van der Waals surface area (Å²) in [6, 6.07) is 22.2. The fraction of sp³-hybridized carbons (Fsp3) is 0.261. The van der Waals surface area contributed by atoms with Gasteiger partial charge in [-0.2, -0.15) is 5.10 Å². The second kappa shape index (κ2) is 6.71. The molecule has 0 N–H and O–H groups in total. The van der Waals surface area contributed by atoms with Gasteiger partial charge in [0.15, 0.2) is 0 Å². The van der Waals surface area contributed by atoms with Crippen LogP contribution in [0.4, 0.5) is 0 Å². The Labute approximate surface area is 160 Å². The largest absolute Gasteiger partial charge is 0.350 e. The number of hydrogen-bond donors (Lipinski definition) is 0. The molecule has 5 rings (SSSR count). The van der Waals surface area contributed by atoms with Crippen molar-refractivity contribution in [3.63, 3.8) is 0 Å². The van der Waals surface area contributed by atoms with E-state index in [0.717, 1.165) is 31.9 Å². The number of rotatable bonds is 3. The van der Waals surface area contributed by atoms with E-state index >= 15 is 0 Å². The Bertz CT molecular complexity index is 934. The lowest BCUT2D eigenvalue weighted by Crippen LogP contribution is -2.45. The molecular weight excluding hydrogens is 332 g/mol. The van der Waals surface area contributed by atoms with E-state index in [-0.39, 0.29) is 0 Å². The van der Waals surface area contributed by atoms with Crippen molar-refractivity contribution in [1.29, 1.82) is 0 Å². The van der Waals surface area contributed by atoms with Gasteiger partial charge in [0, 0.05) is 39.4 Å². The van der Waals surface area contributed by atoms with Gasteiger partial charge in [-0.25, -0.2) is 0 Å². The molecule has 1 aliphatic carbocycles.